The third-order valence-corrected chi connectivity index (χ3v) is 6.70. The molecule has 0 N–H and O–H groups in total. The number of hydrogen-bond acceptors (Lipinski definition) is 0. The molecule has 0 aliphatic carbocycles. The molecule has 0 bridgehead atoms. The van der Waals surface area contributed by atoms with E-state index in [9.17, 15) is 0 Å². The van der Waals surface area contributed by atoms with E-state index in [0.717, 1.165) is 24.7 Å². The first-order valence-electron chi connectivity index (χ1n) is 13.9. The van der Waals surface area contributed by atoms with E-state index in [0.29, 0.717) is 0 Å². The summed E-state index contributed by atoms with van der Waals surface area (Å²) in [6.45, 7) is 12.8. The van der Waals surface area contributed by atoms with Crippen molar-refractivity contribution >= 4 is 0 Å². The van der Waals surface area contributed by atoms with E-state index in [1.54, 1.807) is 0 Å². The van der Waals surface area contributed by atoms with Crippen molar-refractivity contribution in [3.8, 4) is 0 Å². The molecule has 0 aromatic carbocycles. The maximum Gasteiger partial charge on any atom is -0.0351 e. The Bertz CT molecular complexity index is 329. The highest BCUT2D eigenvalue weighted by Crippen LogP contribution is 2.20. The van der Waals surface area contributed by atoms with E-state index < -0.39 is 0 Å². The maximum absolute atomic E-state index is 3.93. The summed E-state index contributed by atoms with van der Waals surface area (Å²) in [5.74, 6) is 1.87. The van der Waals surface area contributed by atoms with Gasteiger partial charge in [0.2, 0.25) is 0 Å². The Labute approximate surface area is 193 Å². The lowest BCUT2D eigenvalue weighted by Gasteiger charge is -2.12. The molecule has 0 amide bonds. The quantitative estimate of drug-likeness (QED) is 0.108. The molecule has 0 aliphatic rings. The van der Waals surface area contributed by atoms with Gasteiger partial charge in [0.25, 0.3) is 0 Å². The lowest BCUT2D eigenvalue weighted by molar-refractivity contribution is 0.416. The Balaban J connectivity index is 3.30. The molecular formula is C30H58. The maximum atomic E-state index is 3.93. The fourth-order valence-corrected chi connectivity index (χ4v) is 4.43. The lowest BCUT2D eigenvalue weighted by atomic mass is 9.94. The van der Waals surface area contributed by atoms with Crippen molar-refractivity contribution in [3.63, 3.8) is 0 Å². The van der Waals surface area contributed by atoms with Gasteiger partial charge in [-0.2, -0.15) is 0 Å². The Kier molecular flexibility index (Phi) is 24.8. The fraction of sp³-hybridized carbons (Fsp3) is 0.867. The van der Waals surface area contributed by atoms with Crippen LogP contribution in [0, 0.1) is 25.7 Å². The SMILES string of the molecule is [CH2]CCCCCCCC=CCCCCC(C)CCCCCCC(C)CCCCC[CH2]. The number of unbranched alkanes of at least 4 members (excludes halogenated alkanes) is 14. The molecule has 0 aromatic rings. The fourth-order valence-electron chi connectivity index (χ4n) is 4.43. The van der Waals surface area contributed by atoms with Crippen molar-refractivity contribution in [1.29, 1.82) is 0 Å². The van der Waals surface area contributed by atoms with E-state index in [1.165, 1.54) is 128 Å². The van der Waals surface area contributed by atoms with Crippen LogP contribution in [0.4, 0.5) is 0 Å². The molecule has 0 heteroatoms. The third kappa shape index (κ3) is 24.0. The van der Waals surface area contributed by atoms with Crippen molar-refractivity contribution in [2.75, 3.05) is 0 Å². The van der Waals surface area contributed by atoms with Crippen LogP contribution in [0.3, 0.4) is 0 Å². The van der Waals surface area contributed by atoms with Gasteiger partial charge in [0.15, 0.2) is 0 Å². The summed E-state index contributed by atoms with van der Waals surface area (Å²) in [4.78, 5) is 0. The zero-order valence-electron chi connectivity index (χ0n) is 21.3. The topological polar surface area (TPSA) is 0 Å². The molecule has 0 fully saturated rings. The Morgan fingerprint density at radius 1 is 0.433 bits per heavy atom. The van der Waals surface area contributed by atoms with E-state index in [1.807, 2.05) is 0 Å². The minimum atomic E-state index is 0.930. The van der Waals surface area contributed by atoms with Crippen LogP contribution in [0.15, 0.2) is 12.2 Å². The van der Waals surface area contributed by atoms with Crippen LogP contribution in [0.5, 0.6) is 0 Å². The minimum Gasteiger partial charge on any atom is -0.0885 e. The Hall–Kier alpha value is -0.260. The summed E-state index contributed by atoms with van der Waals surface area (Å²) in [5, 5.41) is 0. The molecule has 0 saturated carbocycles. The Morgan fingerprint density at radius 2 is 0.733 bits per heavy atom. The first kappa shape index (κ1) is 29.7. The lowest BCUT2D eigenvalue weighted by Crippen LogP contribution is -1.96. The summed E-state index contributed by atoms with van der Waals surface area (Å²) in [6, 6.07) is 0. The van der Waals surface area contributed by atoms with Crippen LogP contribution in [0.1, 0.15) is 155 Å². The summed E-state index contributed by atoms with van der Waals surface area (Å²) in [7, 11) is 0. The van der Waals surface area contributed by atoms with Gasteiger partial charge in [0, 0.05) is 0 Å². The molecule has 0 rings (SSSR count). The van der Waals surface area contributed by atoms with Crippen molar-refractivity contribution in [1.82, 2.24) is 0 Å². The van der Waals surface area contributed by atoms with Crippen LogP contribution in [0.2, 0.25) is 0 Å². The second kappa shape index (κ2) is 25.0. The van der Waals surface area contributed by atoms with Crippen molar-refractivity contribution in [2.24, 2.45) is 11.8 Å². The molecule has 2 radical (unpaired) electrons. The highest BCUT2D eigenvalue weighted by Gasteiger charge is 2.04. The van der Waals surface area contributed by atoms with E-state index in [2.05, 4.69) is 39.8 Å². The van der Waals surface area contributed by atoms with Gasteiger partial charge in [0.05, 0.1) is 0 Å². The molecule has 0 saturated heterocycles. The van der Waals surface area contributed by atoms with Crippen LogP contribution < -0.4 is 0 Å². The van der Waals surface area contributed by atoms with Crippen molar-refractivity contribution < 1.29 is 0 Å². The standard InChI is InChI=1S/C30H58/c1-5-7-9-11-12-13-14-15-16-17-18-22-26-30(4)28-24-20-19-23-27-29(3)25-21-10-8-6-2/h15-16,29-30H,1-2,5-14,17-28H2,3-4H3. The van der Waals surface area contributed by atoms with Crippen molar-refractivity contribution in [2.45, 2.75) is 155 Å². The highest BCUT2D eigenvalue weighted by molar-refractivity contribution is 4.81. The first-order chi connectivity index (χ1) is 14.7. The monoisotopic (exact) mass is 418 g/mol. The second-order valence-electron chi connectivity index (χ2n) is 10.1. The van der Waals surface area contributed by atoms with Gasteiger partial charge in [-0.1, -0.05) is 155 Å². The third-order valence-electron chi connectivity index (χ3n) is 6.70. The predicted octanol–water partition coefficient (Wildman–Crippen LogP) is 11.1. The average molecular weight is 419 g/mol. The summed E-state index contributed by atoms with van der Waals surface area (Å²) in [5.41, 5.74) is 0. The van der Waals surface area contributed by atoms with E-state index >= 15 is 0 Å². The number of hydrogen-bond donors (Lipinski definition) is 0. The average Bonchev–Trinajstić information content (AvgIpc) is 2.74. The zero-order valence-corrected chi connectivity index (χ0v) is 21.3. The molecule has 30 heavy (non-hydrogen) atoms. The van der Waals surface area contributed by atoms with Gasteiger partial charge in [-0.05, 0) is 37.5 Å². The van der Waals surface area contributed by atoms with Gasteiger partial charge >= 0.3 is 0 Å². The summed E-state index contributed by atoms with van der Waals surface area (Å²) < 4.78 is 0. The molecule has 0 aliphatic heterocycles. The van der Waals surface area contributed by atoms with Gasteiger partial charge in [-0.3, -0.25) is 0 Å². The van der Waals surface area contributed by atoms with E-state index in [4.69, 9.17) is 0 Å². The zero-order chi connectivity index (χ0) is 22.1. The highest BCUT2D eigenvalue weighted by atomic mass is 14.1. The summed E-state index contributed by atoms with van der Waals surface area (Å²) >= 11 is 0. The normalized spacial score (nSPS) is 13.9. The summed E-state index contributed by atoms with van der Waals surface area (Å²) in [6.07, 6.45) is 35.0. The van der Waals surface area contributed by atoms with E-state index in [-0.39, 0.29) is 0 Å². The number of rotatable bonds is 24. The molecule has 178 valence electrons. The number of allylic oxidation sites excluding steroid dienone is 2. The molecule has 0 spiro atoms. The van der Waals surface area contributed by atoms with Gasteiger partial charge in [-0.25, -0.2) is 0 Å². The Morgan fingerprint density at radius 3 is 1.20 bits per heavy atom. The molecule has 0 heterocycles. The largest absolute Gasteiger partial charge is 0.0885 e. The van der Waals surface area contributed by atoms with Crippen LogP contribution in [-0.4, -0.2) is 0 Å². The predicted molar refractivity (Wildman–Crippen MR) is 140 cm³/mol. The second-order valence-corrected chi connectivity index (χ2v) is 10.1. The first-order valence-corrected chi connectivity index (χ1v) is 13.9. The molecule has 0 nitrogen and oxygen atoms in total. The molecule has 0 aromatic heterocycles. The smallest absolute Gasteiger partial charge is 0.0351 e. The van der Waals surface area contributed by atoms with Crippen LogP contribution in [-0.2, 0) is 0 Å². The minimum absolute atomic E-state index is 0.930. The van der Waals surface area contributed by atoms with Gasteiger partial charge in [-0.15, -0.1) is 0 Å². The van der Waals surface area contributed by atoms with Gasteiger partial charge < -0.3 is 0 Å². The van der Waals surface area contributed by atoms with Crippen LogP contribution in [0.25, 0.3) is 0 Å². The molecule has 2 atom stereocenters. The molecular weight excluding hydrogens is 360 g/mol. The van der Waals surface area contributed by atoms with Crippen molar-refractivity contribution in [3.05, 3.63) is 26.0 Å². The van der Waals surface area contributed by atoms with Gasteiger partial charge in [0.1, 0.15) is 0 Å². The van der Waals surface area contributed by atoms with Crippen LogP contribution >= 0.6 is 0 Å². The molecule has 2 unspecified atom stereocenters.